The van der Waals surface area contributed by atoms with Crippen LogP contribution in [0.15, 0.2) is 22.9 Å². The van der Waals surface area contributed by atoms with Crippen LogP contribution in [0.3, 0.4) is 0 Å². The molecule has 0 fully saturated rings. The van der Waals surface area contributed by atoms with Crippen LogP contribution in [0.25, 0.3) is 0 Å². The number of carbonyl (C=O) groups is 1. The number of aryl methyl sites for hydroxylation is 2. The highest BCUT2D eigenvalue weighted by molar-refractivity contribution is 7.08. The molecule has 0 aliphatic heterocycles. The van der Waals surface area contributed by atoms with Gasteiger partial charge in [0.05, 0.1) is 5.56 Å². The number of anilines is 1. The molecule has 0 unspecified atom stereocenters. The van der Waals surface area contributed by atoms with Crippen molar-refractivity contribution in [3.05, 3.63) is 45.3 Å². The van der Waals surface area contributed by atoms with Gasteiger partial charge in [-0.15, -0.1) is 0 Å². The van der Waals surface area contributed by atoms with E-state index in [1.54, 1.807) is 23.5 Å². The number of carboxylic acids is 1. The monoisotopic (exact) mass is 276 g/mol. The molecular formula is C14H16N2O2S. The number of hydrogen-bond acceptors (Lipinski definition) is 4. The van der Waals surface area contributed by atoms with Crippen molar-refractivity contribution in [2.45, 2.75) is 26.8 Å². The molecule has 2 N–H and O–H groups in total. The Kier molecular flexibility index (Phi) is 4.16. The van der Waals surface area contributed by atoms with Gasteiger partial charge in [0.25, 0.3) is 0 Å². The normalized spacial score (nSPS) is 10.4. The van der Waals surface area contributed by atoms with Gasteiger partial charge in [-0.1, -0.05) is 6.92 Å². The number of aromatic nitrogens is 1. The molecule has 5 heteroatoms. The molecule has 19 heavy (non-hydrogen) atoms. The molecular weight excluding hydrogens is 260 g/mol. The van der Waals surface area contributed by atoms with Crippen LogP contribution in [-0.2, 0) is 13.0 Å². The minimum atomic E-state index is -0.924. The molecule has 0 radical (unpaired) electrons. The fraction of sp³-hybridized carbons (Fsp3) is 0.286. The SMILES string of the molecule is CCc1cc(C(=O)O)cc(NCc2cscc2C)n1. The highest BCUT2D eigenvalue weighted by Crippen LogP contribution is 2.17. The first-order valence-corrected chi connectivity index (χ1v) is 7.04. The fourth-order valence-electron chi connectivity index (χ4n) is 1.74. The molecule has 2 aromatic heterocycles. The van der Waals surface area contributed by atoms with E-state index in [4.69, 9.17) is 5.11 Å². The first kappa shape index (κ1) is 13.5. The van der Waals surface area contributed by atoms with Gasteiger partial charge in [-0.05, 0) is 47.4 Å². The second-order valence-corrected chi connectivity index (χ2v) is 5.07. The standard InChI is InChI=1S/C14H16N2O2S/c1-3-12-4-10(14(17)18)5-13(16-12)15-6-11-8-19-7-9(11)2/h4-5,7-8H,3,6H2,1-2H3,(H,15,16)(H,17,18). The molecule has 0 bridgehead atoms. The molecule has 0 amide bonds. The lowest BCUT2D eigenvalue weighted by Gasteiger charge is -2.08. The summed E-state index contributed by atoms with van der Waals surface area (Å²) in [5, 5.41) is 16.4. The summed E-state index contributed by atoms with van der Waals surface area (Å²) in [5.74, 6) is -0.311. The second kappa shape index (κ2) is 5.84. The van der Waals surface area contributed by atoms with E-state index in [2.05, 4.69) is 28.0 Å². The van der Waals surface area contributed by atoms with Crippen LogP contribution in [0.4, 0.5) is 5.82 Å². The van der Waals surface area contributed by atoms with Gasteiger partial charge >= 0.3 is 5.97 Å². The summed E-state index contributed by atoms with van der Waals surface area (Å²) in [5.41, 5.74) is 3.51. The van der Waals surface area contributed by atoms with Crippen molar-refractivity contribution in [2.75, 3.05) is 5.32 Å². The lowest BCUT2D eigenvalue weighted by atomic mass is 10.2. The summed E-state index contributed by atoms with van der Waals surface area (Å²) in [4.78, 5) is 15.4. The van der Waals surface area contributed by atoms with E-state index in [9.17, 15) is 4.79 Å². The third kappa shape index (κ3) is 3.32. The maximum absolute atomic E-state index is 11.1. The van der Waals surface area contributed by atoms with E-state index in [0.717, 1.165) is 5.69 Å². The Morgan fingerprint density at radius 1 is 1.42 bits per heavy atom. The van der Waals surface area contributed by atoms with E-state index in [1.807, 2.05) is 6.92 Å². The number of pyridine rings is 1. The maximum atomic E-state index is 11.1. The maximum Gasteiger partial charge on any atom is 0.335 e. The lowest BCUT2D eigenvalue weighted by Crippen LogP contribution is -2.06. The Bertz CT molecular complexity index is 593. The zero-order chi connectivity index (χ0) is 13.8. The first-order valence-electron chi connectivity index (χ1n) is 6.10. The van der Waals surface area contributed by atoms with Crippen molar-refractivity contribution < 1.29 is 9.90 Å². The summed E-state index contributed by atoms with van der Waals surface area (Å²) in [6.45, 7) is 4.68. The molecule has 2 aromatic rings. The van der Waals surface area contributed by atoms with E-state index in [0.29, 0.717) is 18.8 Å². The van der Waals surface area contributed by atoms with Gasteiger partial charge in [0, 0.05) is 12.2 Å². The summed E-state index contributed by atoms with van der Waals surface area (Å²) in [7, 11) is 0. The van der Waals surface area contributed by atoms with Crippen LogP contribution in [0.2, 0.25) is 0 Å². The topological polar surface area (TPSA) is 62.2 Å². The first-order chi connectivity index (χ1) is 9.10. The zero-order valence-electron chi connectivity index (χ0n) is 10.9. The highest BCUT2D eigenvalue weighted by Gasteiger charge is 2.08. The van der Waals surface area contributed by atoms with E-state index >= 15 is 0 Å². The fourth-order valence-corrected chi connectivity index (χ4v) is 2.59. The van der Waals surface area contributed by atoms with Crippen LogP contribution in [0.5, 0.6) is 0 Å². The van der Waals surface area contributed by atoms with Crippen molar-refractivity contribution in [2.24, 2.45) is 0 Å². The van der Waals surface area contributed by atoms with Crippen LogP contribution < -0.4 is 5.32 Å². The van der Waals surface area contributed by atoms with Crippen LogP contribution in [-0.4, -0.2) is 16.1 Å². The number of carboxylic acid groups (broad SMARTS) is 1. The summed E-state index contributed by atoms with van der Waals surface area (Å²) >= 11 is 1.66. The van der Waals surface area contributed by atoms with Gasteiger partial charge in [-0.3, -0.25) is 0 Å². The number of nitrogens with zero attached hydrogens (tertiary/aromatic N) is 1. The lowest BCUT2D eigenvalue weighted by molar-refractivity contribution is 0.0696. The van der Waals surface area contributed by atoms with Gasteiger partial charge in [-0.2, -0.15) is 11.3 Å². The summed E-state index contributed by atoms with van der Waals surface area (Å²) in [6.07, 6.45) is 0.716. The molecule has 0 atom stereocenters. The average Bonchev–Trinajstić information content (AvgIpc) is 2.81. The van der Waals surface area contributed by atoms with E-state index < -0.39 is 5.97 Å². The van der Waals surface area contributed by atoms with Gasteiger partial charge in [0.2, 0.25) is 0 Å². The zero-order valence-corrected chi connectivity index (χ0v) is 11.8. The predicted molar refractivity (Wildman–Crippen MR) is 77.0 cm³/mol. The number of nitrogens with one attached hydrogen (secondary N) is 1. The molecule has 0 aliphatic carbocycles. The molecule has 2 rings (SSSR count). The van der Waals surface area contributed by atoms with Crippen LogP contribution in [0, 0.1) is 6.92 Å². The third-order valence-corrected chi connectivity index (χ3v) is 3.82. The third-order valence-electron chi connectivity index (χ3n) is 2.91. The Balaban J connectivity index is 2.17. The largest absolute Gasteiger partial charge is 0.478 e. The molecule has 0 spiro atoms. The molecule has 100 valence electrons. The minimum absolute atomic E-state index is 0.274. The highest BCUT2D eigenvalue weighted by atomic mass is 32.1. The Labute approximate surface area is 116 Å². The molecule has 4 nitrogen and oxygen atoms in total. The molecule has 0 saturated carbocycles. The number of thiophene rings is 1. The average molecular weight is 276 g/mol. The Hall–Kier alpha value is -1.88. The van der Waals surface area contributed by atoms with Crippen molar-refractivity contribution in [1.82, 2.24) is 4.98 Å². The van der Waals surface area contributed by atoms with Crippen LogP contribution >= 0.6 is 11.3 Å². The molecule has 2 heterocycles. The number of aromatic carboxylic acids is 1. The molecule has 0 aliphatic rings. The second-order valence-electron chi connectivity index (χ2n) is 4.32. The van der Waals surface area contributed by atoms with Gasteiger partial charge in [-0.25, -0.2) is 9.78 Å². The van der Waals surface area contributed by atoms with E-state index in [1.165, 1.54) is 11.1 Å². The van der Waals surface area contributed by atoms with Crippen molar-refractivity contribution >= 4 is 23.1 Å². The van der Waals surface area contributed by atoms with E-state index in [-0.39, 0.29) is 5.56 Å². The van der Waals surface area contributed by atoms with Gasteiger partial charge in [0.1, 0.15) is 5.82 Å². The Morgan fingerprint density at radius 3 is 2.79 bits per heavy atom. The molecule has 0 aromatic carbocycles. The predicted octanol–water partition coefficient (Wildman–Crippen LogP) is 3.32. The van der Waals surface area contributed by atoms with Crippen molar-refractivity contribution in [1.29, 1.82) is 0 Å². The smallest absolute Gasteiger partial charge is 0.335 e. The van der Waals surface area contributed by atoms with Crippen LogP contribution in [0.1, 0.15) is 34.1 Å². The number of hydrogen-bond donors (Lipinski definition) is 2. The van der Waals surface area contributed by atoms with Gasteiger partial charge in [0.15, 0.2) is 0 Å². The van der Waals surface area contributed by atoms with Crippen molar-refractivity contribution in [3.63, 3.8) is 0 Å². The Morgan fingerprint density at radius 2 is 2.21 bits per heavy atom. The summed E-state index contributed by atoms with van der Waals surface area (Å²) in [6, 6.07) is 3.19. The quantitative estimate of drug-likeness (QED) is 0.879. The van der Waals surface area contributed by atoms with Gasteiger partial charge < -0.3 is 10.4 Å². The number of rotatable bonds is 5. The van der Waals surface area contributed by atoms with Crippen molar-refractivity contribution in [3.8, 4) is 0 Å². The molecule has 0 saturated heterocycles. The minimum Gasteiger partial charge on any atom is -0.478 e. The summed E-state index contributed by atoms with van der Waals surface area (Å²) < 4.78 is 0.